The molecule has 0 aliphatic rings. The molecule has 1 aromatic carbocycles. The van der Waals surface area contributed by atoms with Crippen LogP contribution < -0.4 is 5.32 Å². The van der Waals surface area contributed by atoms with E-state index in [0.717, 1.165) is 5.02 Å². The van der Waals surface area contributed by atoms with E-state index in [0.29, 0.717) is 0 Å². The minimum absolute atomic E-state index is 0.268. The number of hydrogen-bond acceptors (Lipinski definition) is 2. The highest BCUT2D eigenvalue weighted by molar-refractivity contribution is 6.30. The smallest absolute Gasteiger partial charge is 0.0406 e. The van der Waals surface area contributed by atoms with E-state index in [4.69, 9.17) is 11.6 Å². The number of nitrogens with zero attached hydrogens (tertiary/aromatic N) is 1. The van der Waals surface area contributed by atoms with Crippen LogP contribution in [0, 0.1) is 0 Å². The molecule has 3 heteroatoms. The molecule has 1 unspecified atom stereocenters. The average Bonchev–Trinajstić information content (AvgIpc) is 2.40. The molecule has 0 amide bonds. The molecule has 2 atom stereocenters. The number of rotatable bonds is 4. The van der Waals surface area contributed by atoms with Crippen molar-refractivity contribution in [3.8, 4) is 0 Å². The van der Waals surface area contributed by atoms with Gasteiger partial charge in [-0.3, -0.25) is 4.98 Å². The Bertz CT molecular complexity index is 482. The minimum atomic E-state index is 0.268. The van der Waals surface area contributed by atoms with Gasteiger partial charge in [-0.15, -0.1) is 0 Å². The van der Waals surface area contributed by atoms with E-state index in [2.05, 4.69) is 42.3 Å². The van der Waals surface area contributed by atoms with Crippen molar-refractivity contribution in [3.63, 3.8) is 0 Å². The number of hydrogen-bond donors (Lipinski definition) is 1. The summed E-state index contributed by atoms with van der Waals surface area (Å²) in [4.78, 5) is 4.14. The van der Waals surface area contributed by atoms with Gasteiger partial charge >= 0.3 is 0 Å². The van der Waals surface area contributed by atoms with Crippen molar-refractivity contribution < 1.29 is 0 Å². The number of nitrogens with one attached hydrogen (secondary N) is 1. The molecule has 2 rings (SSSR count). The molecule has 0 aliphatic carbocycles. The summed E-state index contributed by atoms with van der Waals surface area (Å²) in [6.07, 6.45) is 3.69. The van der Waals surface area contributed by atoms with Gasteiger partial charge in [-0.1, -0.05) is 29.8 Å². The summed E-state index contributed by atoms with van der Waals surface area (Å²) < 4.78 is 0. The fourth-order valence-corrected chi connectivity index (χ4v) is 2.08. The zero-order valence-electron chi connectivity index (χ0n) is 10.6. The third-order valence-corrected chi connectivity index (χ3v) is 3.31. The van der Waals surface area contributed by atoms with Gasteiger partial charge in [0.15, 0.2) is 0 Å². The van der Waals surface area contributed by atoms with Gasteiger partial charge < -0.3 is 5.32 Å². The van der Waals surface area contributed by atoms with E-state index in [1.165, 1.54) is 11.1 Å². The van der Waals surface area contributed by atoms with Crippen molar-refractivity contribution in [1.29, 1.82) is 0 Å². The Morgan fingerprint density at radius 1 is 1.00 bits per heavy atom. The summed E-state index contributed by atoms with van der Waals surface area (Å²) in [5.41, 5.74) is 2.42. The fourth-order valence-electron chi connectivity index (χ4n) is 1.95. The SMILES string of the molecule is CC(N[C@H](C)c1cccnc1)c1ccc(Cl)cc1. The van der Waals surface area contributed by atoms with E-state index >= 15 is 0 Å². The molecule has 94 valence electrons. The minimum Gasteiger partial charge on any atom is -0.304 e. The fraction of sp³-hybridized carbons (Fsp3) is 0.267. The zero-order chi connectivity index (χ0) is 13.0. The van der Waals surface area contributed by atoms with Crippen molar-refractivity contribution in [2.45, 2.75) is 25.9 Å². The molecular formula is C15H17ClN2. The van der Waals surface area contributed by atoms with Crippen LogP contribution in [0.2, 0.25) is 5.02 Å². The van der Waals surface area contributed by atoms with Crippen LogP contribution in [0.1, 0.15) is 37.1 Å². The maximum absolute atomic E-state index is 5.89. The van der Waals surface area contributed by atoms with Crippen LogP contribution >= 0.6 is 11.6 Å². The van der Waals surface area contributed by atoms with Crippen LogP contribution in [-0.2, 0) is 0 Å². The van der Waals surface area contributed by atoms with Crippen molar-refractivity contribution >= 4 is 11.6 Å². The summed E-state index contributed by atoms with van der Waals surface area (Å²) in [6.45, 7) is 4.29. The van der Waals surface area contributed by atoms with Gasteiger partial charge in [0.2, 0.25) is 0 Å². The molecule has 0 aliphatic heterocycles. The molecule has 0 fully saturated rings. The van der Waals surface area contributed by atoms with E-state index < -0.39 is 0 Å². The molecule has 1 heterocycles. The molecule has 0 saturated heterocycles. The van der Waals surface area contributed by atoms with Crippen LogP contribution in [0.3, 0.4) is 0 Å². The third kappa shape index (κ3) is 3.31. The van der Waals surface area contributed by atoms with Crippen LogP contribution in [0.4, 0.5) is 0 Å². The summed E-state index contributed by atoms with van der Waals surface area (Å²) in [5.74, 6) is 0. The predicted molar refractivity (Wildman–Crippen MR) is 75.7 cm³/mol. The number of benzene rings is 1. The van der Waals surface area contributed by atoms with Gasteiger partial charge in [-0.25, -0.2) is 0 Å². The Hall–Kier alpha value is -1.38. The monoisotopic (exact) mass is 260 g/mol. The highest BCUT2D eigenvalue weighted by Gasteiger charge is 2.10. The molecule has 2 aromatic rings. The lowest BCUT2D eigenvalue weighted by Gasteiger charge is -2.20. The Balaban J connectivity index is 2.03. The molecule has 0 spiro atoms. The summed E-state index contributed by atoms with van der Waals surface area (Å²) in [5, 5.41) is 4.32. The van der Waals surface area contributed by atoms with Gasteiger partial charge in [0.05, 0.1) is 0 Å². The lowest BCUT2D eigenvalue weighted by atomic mass is 10.1. The second kappa shape index (κ2) is 5.98. The second-order valence-corrected chi connectivity index (χ2v) is 4.88. The van der Waals surface area contributed by atoms with Gasteiger partial charge in [-0.05, 0) is 43.2 Å². The van der Waals surface area contributed by atoms with E-state index in [1.54, 1.807) is 6.20 Å². The normalized spacial score (nSPS) is 14.2. The lowest BCUT2D eigenvalue weighted by Crippen LogP contribution is -2.22. The Morgan fingerprint density at radius 3 is 2.28 bits per heavy atom. The van der Waals surface area contributed by atoms with Crippen LogP contribution in [0.15, 0.2) is 48.8 Å². The van der Waals surface area contributed by atoms with Crippen molar-refractivity contribution in [2.24, 2.45) is 0 Å². The van der Waals surface area contributed by atoms with Gasteiger partial charge in [0, 0.05) is 29.5 Å². The van der Waals surface area contributed by atoms with Crippen molar-refractivity contribution in [3.05, 3.63) is 64.9 Å². The highest BCUT2D eigenvalue weighted by atomic mass is 35.5. The van der Waals surface area contributed by atoms with E-state index in [-0.39, 0.29) is 12.1 Å². The quantitative estimate of drug-likeness (QED) is 0.893. The standard InChI is InChI=1S/C15H17ClN2/c1-11(13-5-7-15(16)8-6-13)18-12(2)14-4-3-9-17-10-14/h3-12,18H,1-2H3/t11?,12-/m1/s1. The lowest BCUT2D eigenvalue weighted by molar-refractivity contribution is 0.494. The predicted octanol–water partition coefficient (Wildman–Crippen LogP) is 4.15. The zero-order valence-corrected chi connectivity index (χ0v) is 11.4. The number of pyridine rings is 1. The Labute approximate surface area is 113 Å². The van der Waals surface area contributed by atoms with Crippen LogP contribution in [0.25, 0.3) is 0 Å². The van der Waals surface area contributed by atoms with Gasteiger partial charge in [-0.2, -0.15) is 0 Å². The average molecular weight is 261 g/mol. The third-order valence-electron chi connectivity index (χ3n) is 3.05. The molecule has 0 bridgehead atoms. The molecule has 0 radical (unpaired) electrons. The highest BCUT2D eigenvalue weighted by Crippen LogP contribution is 2.20. The molecule has 18 heavy (non-hydrogen) atoms. The maximum Gasteiger partial charge on any atom is 0.0406 e. The van der Waals surface area contributed by atoms with E-state index in [9.17, 15) is 0 Å². The van der Waals surface area contributed by atoms with Crippen molar-refractivity contribution in [1.82, 2.24) is 10.3 Å². The first-order chi connectivity index (χ1) is 8.66. The summed E-state index contributed by atoms with van der Waals surface area (Å²) >= 11 is 5.89. The molecule has 1 aromatic heterocycles. The first-order valence-corrected chi connectivity index (χ1v) is 6.46. The van der Waals surface area contributed by atoms with Crippen LogP contribution in [0.5, 0.6) is 0 Å². The number of halogens is 1. The Morgan fingerprint density at radius 2 is 1.67 bits per heavy atom. The van der Waals surface area contributed by atoms with Crippen LogP contribution in [-0.4, -0.2) is 4.98 Å². The maximum atomic E-state index is 5.89. The summed E-state index contributed by atoms with van der Waals surface area (Å²) in [6, 6.07) is 12.5. The number of aromatic nitrogens is 1. The largest absolute Gasteiger partial charge is 0.304 e. The summed E-state index contributed by atoms with van der Waals surface area (Å²) in [7, 11) is 0. The Kier molecular flexibility index (Phi) is 4.34. The van der Waals surface area contributed by atoms with Crippen molar-refractivity contribution in [2.75, 3.05) is 0 Å². The topological polar surface area (TPSA) is 24.9 Å². The molecule has 2 nitrogen and oxygen atoms in total. The first kappa shape index (κ1) is 13.1. The molecule has 1 N–H and O–H groups in total. The molecule has 0 saturated carbocycles. The van der Waals surface area contributed by atoms with E-state index in [1.807, 2.05) is 24.4 Å². The second-order valence-electron chi connectivity index (χ2n) is 4.45. The van der Waals surface area contributed by atoms with Gasteiger partial charge in [0.1, 0.15) is 0 Å². The van der Waals surface area contributed by atoms with Gasteiger partial charge in [0.25, 0.3) is 0 Å². The first-order valence-electron chi connectivity index (χ1n) is 6.08. The molecular weight excluding hydrogens is 244 g/mol.